The fraction of sp³-hybridized carbons (Fsp3) is 1.00. The average Bonchev–Trinajstić information content (AvgIpc) is 3.07. The molecule has 0 spiro atoms. The summed E-state index contributed by atoms with van der Waals surface area (Å²) in [4.78, 5) is 2.66. The van der Waals surface area contributed by atoms with Gasteiger partial charge in [-0.3, -0.25) is 4.90 Å². The van der Waals surface area contributed by atoms with Gasteiger partial charge < -0.3 is 5.73 Å². The molecule has 1 aliphatic heterocycles. The minimum atomic E-state index is 0.610. The molecule has 88 valence electrons. The monoisotopic (exact) mass is 210 g/mol. The van der Waals surface area contributed by atoms with Gasteiger partial charge in [0, 0.05) is 12.6 Å². The molecule has 0 amide bonds. The fourth-order valence-corrected chi connectivity index (χ4v) is 2.87. The van der Waals surface area contributed by atoms with E-state index in [1.165, 1.54) is 45.2 Å². The normalized spacial score (nSPS) is 29.0. The first-order chi connectivity index (χ1) is 7.18. The van der Waals surface area contributed by atoms with Crippen molar-refractivity contribution in [2.24, 2.45) is 17.1 Å². The highest BCUT2D eigenvalue weighted by atomic mass is 15.2. The summed E-state index contributed by atoms with van der Waals surface area (Å²) < 4.78 is 0. The van der Waals surface area contributed by atoms with Crippen molar-refractivity contribution in [2.75, 3.05) is 19.6 Å². The minimum absolute atomic E-state index is 0.610. The van der Waals surface area contributed by atoms with Crippen LogP contribution in [-0.4, -0.2) is 30.6 Å². The quantitative estimate of drug-likeness (QED) is 0.771. The standard InChI is InChI=1S/C13H26N2/c1-3-13(2)6-8-15(9-7-13)12(10-14)11-4-5-11/h11-12H,3-10,14H2,1-2H3. The van der Waals surface area contributed by atoms with E-state index in [1.807, 2.05) is 0 Å². The number of likely N-dealkylation sites (tertiary alicyclic amines) is 1. The van der Waals surface area contributed by atoms with Gasteiger partial charge in [0.1, 0.15) is 0 Å². The third kappa shape index (κ3) is 2.54. The van der Waals surface area contributed by atoms with E-state index < -0.39 is 0 Å². The summed E-state index contributed by atoms with van der Waals surface area (Å²) in [5.74, 6) is 0.931. The molecule has 1 atom stereocenters. The smallest absolute Gasteiger partial charge is 0.0246 e. The second-order valence-electron chi connectivity index (χ2n) is 5.84. The lowest BCUT2D eigenvalue weighted by Crippen LogP contribution is -2.48. The van der Waals surface area contributed by atoms with Gasteiger partial charge in [0.05, 0.1) is 0 Å². The SMILES string of the molecule is CCC1(C)CCN(C(CN)C2CC2)CC1. The maximum absolute atomic E-state index is 5.90. The molecule has 15 heavy (non-hydrogen) atoms. The van der Waals surface area contributed by atoms with Gasteiger partial charge in [-0.15, -0.1) is 0 Å². The molecule has 0 aromatic heterocycles. The Balaban J connectivity index is 1.86. The van der Waals surface area contributed by atoms with Crippen LogP contribution < -0.4 is 5.73 Å². The Morgan fingerprint density at radius 3 is 2.33 bits per heavy atom. The van der Waals surface area contributed by atoms with Crippen LogP contribution in [0, 0.1) is 11.3 Å². The van der Waals surface area contributed by atoms with Crippen LogP contribution in [0.15, 0.2) is 0 Å². The topological polar surface area (TPSA) is 29.3 Å². The number of piperidine rings is 1. The van der Waals surface area contributed by atoms with Crippen molar-refractivity contribution >= 4 is 0 Å². The van der Waals surface area contributed by atoms with E-state index in [0.717, 1.165) is 12.5 Å². The van der Waals surface area contributed by atoms with E-state index in [2.05, 4.69) is 18.7 Å². The number of hydrogen-bond donors (Lipinski definition) is 1. The Morgan fingerprint density at radius 2 is 1.93 bits per heavy atom. The van der Waals surface area contributed by atoms with Gasteiger partial charge in [0.15, 0.2) is 0 Å². The summed E-state index contributed by atoms with van der Waals surface area (Å²) in [6.45, 7) is 8.20. The van der Waals surface area contributed by atoms with E-state index in [-0.39, 0.29) is 0 Å². The Morgan fingerprint density at radius 1 is 1.33 bits per heavy atom. The highest BCUT2D eigenvalue weighted by Gasteiger charge is 2.37. The lowest BCUT2D eigenvalue weighted by Gasteiger charge is -2.42. The van der Waals surface area contributed by atoms with Gasteiger partial charge in [-0.25, -0.2) is 0 Å². The van der Waals surface area contributed by atoms with Crippen molar-refractivity contribution in [1.29, 1.82) is 0 Å². The van der Waals surface area contributed by atoms with Gasteiger partial charge in [-0.05, 0) is 50.1 Å². The first-order valence-corrected chi connectivity index (χ1v) is 6.62. The maximum Gasteiger partial charge on any atom is 0.0246 e. The highest BCUT2D eigenvalue weighted by molar-refractivity contribution is 4.92. The Bertz CT molecular complexity index is 203. The van der Waals surface area contributed by atoms with Crippen molar-refractivity contribution in [3.05, 3.63) is 0 Å². The zero-order valence-electron chi connectivity index (χ0n) is 10.3. The Kier molecular flexibility index (Phi) is 3.36. The summed E-state index contributed by atoms with van der Waals surface area (Å²) in [7, 11) is 0. The largest absolute Gasteiger partial charge is 0.329 e. The van der Waals surface area contributed by atoms with Crippen LogP contribution in [0.1, 0.15) is 46.0 Å². The lowest BCUT2D eigenvalue weighted by atomic mass is 9.78. The molecule has 2 heteroatoms. The van der Waals surface area contributed by atoms with Crippen LogP contribution in [0.4, 0.5) is 0 Å². The van der Waals surface area contributed by atoms with E-state index in [4.69, 9.17) is 5.73 Å². The predicted molar refractivity (Wildman–Crippen MR) is 64.8 cm³/mol. The van der Waals surface area contributed by atoms with Crippen LogP contribution in [0.5, 0.6) is 0 Å². The molecule has 2 N–H and O–H groups in total. The molecule has 0 bridgehead atoms. The molecule has 2 nitrogen and oxygen atoms in total. The molecule has 2 fully saturated rings. The zero-order valence-corrected chi connectivity index (χ0v) is 10.3. The summed E-state index contributed by atoms with van der Waals surface area (Å²) >= 11 is 0. The Labute approximate surface area is 94.2 Å². The van der Waals surface area contributed by atoms with Crippen molar-refractivity contribution in [3.8, 4) is 0 Å². The van der Waals surface area contributed by atoms with Crippen molar-refractivity contribution in [2.45, 2.75) is 52.0 Å². The van der Waals surface area contributed by atoms with E-state index in [9.17, 15) is 0 Å². The van der Waals surface area contributed by atoms with Gasteiger partial charge in [-0.2, -0.15) is 0 Å². The van der Waals surface area contributed by atoms with Crippen molar-refractivity contribution in [1.82, 2.24) is 4.90 Å². The van der Waals surface area contributed by atoms with Gasteiger partial charge in [0.2, 0.25) is 0 Å². The summed E-state index contributed by atoms with van der Waals surface area (Å²) in [5.41, 5.74) is 6.51. The minimum Gasteiger partial charge on any atom is -0.329 e. The molecule has 1 saturated heterocycles. The number of nitrogens with zero attached hydrogens (tertiary/aromatic N) is 1. The fourth-order valence-electron chi connectivity index (χ4n) is 2.87. The molecule has 1 saturated carbocycles. The number of nitrogens with two attached hydrogens (primary N) is 1. The first kappa shape index (κ1) is 11.4. The molecule has 0 radical (unpaired) electrons. The van der Waals surface area contributed by atoms with Crippen LogP contribution in [0.3, 0.4) is 0 Å². The second-order valence-corrected chi connectivity index (χ2v) is 5.84. The highest BCUT2D eigenvalue weighted by Crippen LogP contribution is 2.39. The van der Waals surface area contributed by atoms with Crippen molar-refractivity contribution < 1.29 is 0 Å². The zero-order chi connectivity index (χ0) is 10.9. The molecular weight excluding hydrogens is 184 g/mol. The summed E-state index contributed by atoms with van der Waals surface area (Å²) in [5, 5.41) is 0. The van der Waals surface area contributed by atoms with Gasteiger partial charge >= 0.3 is 0 Å². The maximum atomic E-state index is 5.90. The predicted octanol–water partition coefficient (Wildman–Crippen LogP) is 2.24. The van der Waals surface area contributed by atoms with Gasteiger partial charge in [0.25, 0.3) is 0 Å². The Hall–Kier alpha value is -0.0800. The van der Waals surface area contributed by atoms with Crippen LogP contribution in [0.2, 0.25) is 0 Å². The molecule has 0 aromatic rings. The third-order valence-corrected chi connectivity index (χ3v) is 4.74. The number of hydrogen-bond acceptors (Lipinski definition) is 2. The van der Waals surface area contributed by atoms with E-state index in [0.29, 0.717) is 11.5 Å². The summed E-state index contributed by atoms with van der Waals surface area (Å²) in [6, 6.07) is 0.700. The number of rotatable bonds is 4. The van der Waals surface area contributed by atoms with E-state index in [1.54, 1.807) is 0 Å². The van der Waals surface area contributed by atoms with Crippen molar-refractivity contribution in [3.63, 3.8) is 0 Å². The molecule has 2 aliphatic rings. The molecule has 1 heterocycles. The third-order valence-electron chi connectivity index (χ3n) is 4.74. The van der Waals surface area contributed by atoms with Crippen LogP contribution in [0.25, 0.3) is 0 Å². The van der Waals surface area contributed by atoms with Gasteiger partial charge in [-0.1, -0.05) is 20.3 Å². The molecule has 0 aromatic carbocycles. The van der Waals surface area contributed by atoms with Crippen LogP contribution in [-0.2, 0) is 0 Å². The molecule has 2 rings (SSSR count). The average molecular weight is 210 g/mol. The van der Waals surface area contributed by atoms with Crippen LogP contribution >= 0.6 is 0 Å². The second kappa shape index (κ2) is 4.42. The summed E-state index contributed by atoms with van der Waals surface area (Å²) in [6.07, 6.45) is 6.91. The first-order valence-electron chi connectivity index (χ1n) is 6.62. The lowest BCUT2D eigenvalue weighted by molar-refractivity contribution is 0.0751. The molecule has 1 unspecified atom stereocenters. The molecular formula is C13H26N2. The van der Waals surface area contributed by atoms with E-state index >= 15 is 0 Å². The molecule has 1 aliphatic carbocycles.